The Balaban J connectivity index is 1.61. The Kier molecular flexibility index (Phi) is 4.67. The maximum atomic E-state index is 11.0. The summed E-state index contributed by atoms with van der Waals surface area (Å²) in [6.45, 7) is 3.40. The normalized spacial score (nSPS) is 21.5. The van der Waals surface area contributed by atoms with E-state index < -0.39 is 0 Å². The van der Waals surface area contributed by atoms with Crippen LogP contribution in [-0.2, 0) is 11.3 Å². The summed E-state index contributed by atoms with van der Waals surface area (Å²) in [4.78, 5) is 13.5. The smallest absolute Gasteiger partial charge is 0.236 e. The maximum absolute atomic E-state index is 11.0. The van der Waals surface area contributed by atoms with Gasteiger partial charge in [0.1, 0.15) is 0 Å². The lowest BCUT2D eigenvalue weighted by atomic mass is 10.1. The number of benzene rings is 1. The van der Waals surface area contributed by atoms with Crippen molar-refractivity contribution in [3.8, 4) is 0 Å². The van der Waals surface area contributed by atoms with E-state index >= 15 is 0 Å². The van der Waals surface area contributed by atoms with Crippen molar-refractivity contribution in [2.24, 2.45) is 10.2 Å². The molecule has 2 aliphatic heterocycles. The molecule has 0 atom stereocenters. The Labute approximate surface area is 128 Å². The average molecular weight is 302 g/mol. The van der Waals surface area contributed by atoms with Gasteiger partial charge < -0.3 is 5.32 Å². The number of carbonyl (C=O) groups excluding carboxylic acids is 1. The van der Waals surface area contributed by atoms with Crippen molar-refractivity contribution in [1.29, 1.82) is 0 Å². The molecular formula is C15H18N4OS. The molecule has 1 amide bonds. The first-order valence-electron chi connectivity index (χ1n) is 7.14. The van der Waals surface area contributed by atoms with Crippen molar-refractivity contribution in [2.75, 3.05) is 18.8 Å². The van der Waals surface area contributed by atoms with Crippen LogP contribution >= 0.6 is 11.8 Å². The molecule has 1 N–H and O–H groups in total. The van der Waals surface area contributed by atoms with Gasteiger partial charge in [-0.15, -0.1) is 5.10 Å². The summed E-state index contributed by atoms with van der Waals surface area (Å²) in [7, 11) is 0. The third kappa shape index (κ3) is 4.15. The van der Waals surface area contributed by atoms with Gasteiger partial charge >= 0.3 is 0 Å². The molecule has 0 spiro atoms. The molecule has 2 saturated heterocycles. The van der Waals surface area contributed by atoms with Crippen molar-refractivity contribution < 1.29 is 4.79 Å². The monoisotopic (exact) mass is 302 g/mol. The Hall–Kier alpha value is -1.66. The molecule has 0 aliphatic carbocycles. The van der Waals surface area contributed by atoms with Gasteiger partial charge in [-0.2, -0.15) is 5.10 Å². The minimum Gasteiger partial charge on any atom is -0.303 e. The molecule has 1 aromatic rings. The number of nitrogens with one attached hydrogen (secondary N) is 1. The van der Waals surface area contributed by atoms with E-state index in [1.54, 1.807) is 6.21 Å². The highest BCUT2D eigenvalue weighted by molar-refractivity contribution is 8.15. The fourth-order valence-corrected chi connectivity index (χ4v) is 3.13. The molecule has 5 nitrogen and oxygen atoms in total. The number of nitrogens with zero attached hydrogens (tertiary/aromatic N) is 3. The van der Waals surface area contributed by atoms with E-state index in [-0.39, 0.29) is 5.91 Å². The lowest BCUT2D eigenvalue weighted by Crippen LogP contribution is -2.19. The fraction of sp³-hybridized carbons (Fsp3) is 0.400. The SMILES string of the molecule is O=C1CSC(=NN=Cc2cccc(CN3CCCC3)c2)N1. The summed E-state index contributed by atoms with van der Waals surface area (Å²) < 4.78 is 0. The van der Waals surface area contributed by atoms with Crippen LogP contribution in [0.4, 0.5) is 0 Å². The number of hydrogen-bond acceptors (Lipinski definition) is 5. The van der Waals surface area contributed by atoms with E-state index in [2.05, 4.69) is 32.6 Å². The molecule has 0 unspecified atom stereocenters. The van der Waals surface area contributed by atoms with Crippen molar-refractivity contribution in [2.45, 2.75) is 19.4 Å². The van der Waals surface area contributed by atoms with E-state index in [1.165, 1.54) is 43.3 Å². The van der Waals surface area contributed by atoms with Crippen LogP contribution in [0, 0.1) is 0 Å². The fourth-order valence-electron chi connectivity index (χ4n) is 2.50. The second-order valence-corrected chi connectivity index (χ2v) is 6.18. The minimum absolute atomic E-state index is 0.0124. The second kappa shape index (κ2) is 6.87. The van der Waals surface area contributed by atoms with Crippen LogP contribution in [0.5, 0.6) is 0 Å². The molecule has 110 valence electrons. The van der Waals surface area contributed by atoms with Crippen LogP contribution in [-0.4, -0.2) is 41.0 Å². The van der Waals surface area contributed by atoms with Crippen LogP contribution in [0.2, 0.25) is 0 Å². The predicted molar refractivity (Wildman–Crippen MR) is 86.6 cm³/mol. The Morgan fingerprint density at radius 3 is 2.95 bits per heavy atom. The standard InChI is InChI=1S/C15H18N4OS/c20-14-11-21-15(17-14)18-16-9-12-4-3-5-13(8-12)10-19-6-1-2-7-19/h3-5,8-9H,1-2,6-7,10-11H2,(H,17,18,20). The van der Waals surface area contributed by atoms with Crippen LogP contribution < -0.4 is 5.32 Å². The summed E-state index contributed by atoms with van der Waals surface area (Å²) in [6, 6.07) is 8.35. The highest BCUT2D eigenvalue weighted by Gasteiger charge is 2.16. The van der Waals surface area contributed by atoms with E-state index in [1.807, 2.05) is 12.1 Å². The van der Waals surface area contributed by atoms with E-state index in [4.69, 9.17) is 0 Å². The van der Waals surface area contributed by atoms with Gasteiger partial charge in [-0.25, -0.2) is 0 Å². The molecule has 6 heteroatoms. The predicted octanol–water partition coefficient (Wildman–Crippen LogP) is 1.84. The summed E-state index contributed by atoms with van der Waals surface area (Å²) in [6.07, 6.45) is 4.34. The zero-order valence-electron chi connectivity index (χ0n) is 11.8. The third-order valence-electron chi connectivity index (χ3n) is 3.50. The average Bonchev–Trinajstić information content (AvgIpc) is 3.11. The van der Waals surface area contributed by atoms with Gasteiger partial charge in [0.2, 0.25) is 5.91 Å². The summed E-state index contributed by atoms with van der Waals surface area (Å²) in [5, 5.41) is 11.3. The third-order valence-corrected chi connectivity index (χ3v) is 4.36. The molecule has 0 radical (unpaired) electrons. The lowest BCUT2D eigenvalue weighted by molar-refractivity contribution is -0.116. The number of rotatable bonds is 4. The number of likely N-dealkylation sites (tertiary alicyclic amines) is 1. The molecule has 1 aromatic carbocycles. The maximum Gasteiger partial charge on any atom is 0.236 e. The van der Waals surface area contributed by atoms with E-state index in [0.717, 1.165) is 12.1 Å². The molecule has 2 heterocycles. The number of amidine groups is 1. The topological polar surface area (TPSA) is 57.1 Å². The highest BCUT2D eigenvalue weighted by Crippen LogP contribution is 2.13. The van der Waals surface area contributed by atoms with Gasteiger partial charge in [0.05, 0.1) is 12.0 Å². The lowest BCUT2D eigenvalue weighted by Gasteiger charge is -2.14. The molecule has 21 heavy (non-hydrogen) atoms. The van der Waals surface area contributed by atoms with Gasteiger partial charge in [0, 0.05) is 6.54 Å². The first kappa shape index (κ1) is 14.3. The number of hydrogen-bond donors (Lipinski definition) is 1. The zero-order valence-corrected chi connectivity index (χ0v) is 12.6. The molecule has 0 bridgehead atoms. The van der Waals surface area contributed by atoms with E-state index in [9.17, 15) is 4.79 Å². The van der Waals surface area contributed by atoms with Crippen molar-refractivity contribution in [1.82, 2.24) is 10.2 Å². The molecule has 3 rings (SSSR count). The Morgan fingerprint density at radius 1 is 1.33 bits per heavy atom. The molecule has 2 fully saturated rings. The summed E-state index contributed by atoms with van der Waals surface area (Å²) >= 11 is 1.38. The quantitative estimate of drug-likeness (QED) is 0.682. The van der Waals surface area contributed by atoms with Gasteiger partial charge in [-0.1, -0.05) is 30.0 Å². The van der Waals surface area contributed by atoms with Crippen molar-refractivity contribution in [3.63, 3.8) is 0 Å². The molecule has 2 aliphatic rings. The zero-order chi connectivity index (χ0) is 14.5. The van der Waals surface area contributed by atoms with Gasteiger partial charge in [0.15, 0.2) is 5.17 Å². The second-order valence-electron chi connectivity index (χ2n) is 5.21. The Bertz CT molecular complexity index is 579. The van der Waals surface area contributed by atoms with Crippen LogP contribution in [0.15, 0.2) is 34.5 Å². The summed E-state index contributed by atoms with van der Waals surface area (Å²) in [5.41, 5.74) is 2.34. The van der Waals surface area contributed by atoms with Gasteiger partial charge in [0.25, 0.3) is 0 Å². The molecule has 0 saturated carbocycles. The van der Waals surface area contributed by atoms with Crippen LogP contribution in [0.1, 0.15) is 24.0 Å². The van der Waals surface area contributed by atoms with Crippen LogP contribution in [0.25, 0.3) is 0 Å². The van der Waals surface area contributed by atoms with Crippen molar-refractivity contribution in [3.05, 3.63) is 35.4 Å². The van der Waals surface area contributed by atoms with Gasteiger partial charge in [-0.3, -0.25) is 9.69 Å². The van der Waals surface area contributed by atoms with Gasteiger partial charge in [-0.05, 0) is 43.1 Å². The van der Waals surface area contributed by atoms with Crippen molar-refractivity contribution >= 4 is 29.1 Å². The number of carbonyl (C=O) groups is 1. The number of amides is 1. The highest BCUT2D eigenvalue weighted by atomic mass is 32.2. The molecular weight excluding hydrogens is 284 g/mol. The largest absolute Gasteiger partial charge is 0.303 e. The first-order valence-corrected chi connectivity index (χ1v) is 8.13. The summed E-state index contributed by atoms with van der Waals surface area (Å²) in [5.74, 6) is 0.418. The number of thioether (sulfide) groups is 1. The first-order chi connectivity index (χ1) is 10.3. The Morgan fingerprint density at radius 2 is 2.19 bits per heavy atom. The molecule has 0 aromatic heterocycles. The minimum atomic E-state index is -0.0124. The van der Waals surface area contributed by atoms with Crippen LogP contribution in [0.3, 0.4) is 0 Å². The van der Waals surface area contributed by atoms with E-state index in [0.29, 0.717) is 10.9 Å².